The van der Waals surface area contributed by atoms with Crippen LogP contribution in [0, 0.1) is 5.92 Å². The van der Waals surface area contributed by atoms with Crippen molar-refractivity contribution in [1.29, 1.82) is 0 Å². The zero-order chi connectivity index (χ0) is 9.98. The number of hydrogen-bond acceptors (Lipinski definition) is 0. The Bertz CT molecular complexity index is 151. The van der Waals surface area contributed by atoms with Gasteiger partial charge in [-0.3, -0.25) is 0 Å². The third kappa shape index (κ3) is 9.08. The normalized spacial score (nSPS) is 11.3. The summed E-state index contributed by atoms with van der Waals surface area (Å²) in [6.07, 6.45) is 3.96. The van der Waals surface area contributed by atoms with Gasteiger partial charge in [0.05, 0.1) is 12.7 Å². The molecule has 0 radical (unpaired) electrons. The van der Waals surface area contributed by atoms with Gasteiger partial charge in [0.25, 0.3) is 0 Å². The molecule has 0 atom stereocenters. The average molecular weight is 174 g/mol. The van der Waals surface area contributed by atoms with E-state index in [0.717, 1.165) is 0 Å². The van der Waals surface area contributed by atoms with Crippen LogP contribution in [-0.2, 0) is 0 Å². The van der Waals surface area contributed by atoms with E-state index in [1.807, 2.05) is 13.8 Å². The standard InChI is InChI=1S/C7H11F.C3H5F/c1-4-7(5-8)6(2)3;1-2-3-4/h4-6H,1H2,2-3H3;2-3H,1H3/b7-5-;3-2-. The molecule has 0 spiro atoms. The smallest absolute Gasteiger partial charge is 0.0901 e. The third-order valence-corrected chi connectivity index (χ3v) is 1.15. The molecule has 0 aliphatic rings. The maximum absolute atomic E-state index is 11.7. The van der Waals surface area contributed by atoms with E-state index in [0.29, 0.717) is 18.2 Å². The van der Waals surface area contributed by atoms with Crippen molar-refractivity contribution in [3.63, 3.8) is 0 Å². The van der Waals surface area contributed by atoms with E-state index < -0.39 is 0 Å². The minimum absolute atomic E-state index is 0.248. The summed E-state index contributed by atoms with van der Waals surface area (Å²) in [5.74, 6) is 0.248. The monoisotopic (exact) mass is 174 g/mol. The average Bonchev–Trinajstić information content (AvgIpc) is 2.07. The predicted molar refractivity (Wildman–Crippen MR) is 50.1 cm³/mol. The first-order valence-corrected chi connectivity index (χ1v) is 3.78. The largest absolute Gasteiger partial charge is 0.216 e. The summed E-state index contributed by atoms with van der Waals surface area (Å²) in [4.78, 5) is 0. The van der Waals surface area contributed by atoms with E-state index in [4.69, 9.17) is 0 Å². The van der Waals surface area contributed by atoms with Gasteiger partial charge < -0.3 is 0 Å². The minimum atomic E-state index is 0.248. The highest BCUT2D eigenvalue weighted by Gasteiger charge is 1.95. The molecule has 0 unspecified atom stereocenters. The molecule has 0 saturated carbocycles. The van der Waals surface area contributed by atoms with Crippen molar-refractivity contribution in [3.8, 4) is 0 Å². The molecule has 0 aromatic rings. The Morgan fingerprint density at radius 1 is 1.33 bits per heavy atom. The lowest BCUT2D eigenvalue weighted by atomic mass is 10.1. The fourth-order valence-corrected chi connectivity index (χ4v) is 0.406. The fourth-order valence-electron chi connectivity index (χ4n) is 0.406. The van der Waals surface area contributed by atoms with Gasteiger partial charge in [0.15, 0.2) is 0 Å². The van der Waals surface area contributed by atoms with Gasteiger partial charge in [-0.15, -0.1) is 0 Å². The molecular formula is C10H16F2. The zero-order valence-corrected chi connectivity index (χ0v) is 7.85. The lowest BCUT2D eigenvalue weighted by Crippen LogP contribution is -1.87. The number of hydrogen-bond donors (Lipinski definition) is 0. The highest BCUT2D eigenvalue weighted by atomic mass is 19.1. The molecule has 0 N–H and O–H groups in total. The maximum atomic E-state index is 11.7. The molecule has 0 bridgehead atoms. The first-order valence-electron chi connectivity index (χ1n) is 3.78. The summed E-state index contributed by atoms with van der Waals surface area (Å²) in [6, 6.07) is 0. The zero-order valence-electron chi connectivity index (χ0n) is 7.85. The van der Waals surface area contributed by atoms with Gasteiger partial charge in [-0.05, 0) is 18.4 Å². The lowest BCUT2D eigenvalue weighted by Gasteiger charge is -2.00. The molecule has 0 amide bonds. The van der Waals surface area contributed by atoms with Gasteiger partial charge >= 0.3 is 0 Å². The van der Waals surface area contributed by atoms with Crippen LogP contribution in [0.1, 0.15) is 20.8 Å². The van der Waals surface area contributed by atoms with Crippen LogP contribution in [0.25, 0.3) is 0 Å². The second kappa shape index (κ2) is 10.1. The molecule has 0 aromatic heterocycles. The molecule has 0 rings (SSSR count). The van der Waals surface area contributed by atoms with Gasteiger partial charge in [0.2, 0.25) is 0 Å². The topological polar surface area (TPSA) is 0 Å². The van der Waals surface area contributed by atoms with E-state index in [1.165, 1.54) is 12.2 Å². The van der Waals surface area contributed by atoms with Crippen molar-refractivity contribution in [2.45, 2.75) is 20.8 Å². The molecule has 0 aliphatic carbocycles. The predicted octanol–water partition coefficient (Wildman–Crippen LogP) is 4.17. The van der Waals surface area contributed by atoms with E-state index in [-0.39, 0.29) is 5.92 Å². The summed E-state index contributed by atoms with van der Waals surface area (Å²) in [5.41, 5.74) is 0.657. The Morgan fingerprint density at radius 2 is 1.75 bits per heavy atom. The van der Waals surface area contributed by atoms with Gasteiger partial charge in [0.1, 0.15) is 0 Å². The maximum Gasteiger partial charge on any atom is 0.0901 e. The van der Waals surface area contributed by atoms with Crippen LogP contribution in [0.5, 0.6) is 0 Å². The molecule has 0 aromatic carbocycles. The lowest BCUT2D eigenvalue weighted by molar-refractivity contribution is 0.676. The molecule has 0 aliphatic heterocycles. The van der Waals surface area contributed by atoms with E-state index >= 15 is 0 Å². The first kappa shape index (κ1) is 13.7. The first-order chi connectivity index (χ1) is 5.63. The molecule has 0 fully saturated rings. The van der Waals surface area contributed by atoms with Crippen molar-refractivity contribution >= 4 is 0 Å². The van der Waals surface area contributed by atoms with Gasteiger partial charge in [-0.2, -0.15) is 0 Å². The Kier molecular flexibility index (Phi) is 11.5. The molecular weight excluding hydrogens is 158 g/mol. The Labute approximate surface area is 73.3 Å². The summed E-state index contributed by atoms with van der Waals surface area (Å²) < 4.78 is 22.2. The van der Waals surface area contributed by atoms with Gasteiger partial charge in [-0.25, -0.2) is 8.78 Å². The number of allylic oxidation sites excluding steroid dienone is 3. The van der Waals surface area contributed by atoms with Gasteiger partial charge in [-0.1, -0.05) is 32.6 Å². The summed E-state index contributed by atoms with van der Waals surface area (Å²) in [7, 11) is 0. The van der Waals surface area contributed by atoms with E-state index in [2.05, 4.69) is 6.58 Å². The Morgan fingerprint density at radius 3 is 1.75 bits per heavy atom. The van der Waals surface area contributed by atoms with Crippen molar-refractivity contribution in [1.82, 2.24) is 0 Å². The molecule has 2 heteroatoms. The van der Waals surface area contributed by atoms with Crippen LogP contribution in [0.4, 0.5) is 8.78 Å². The van der Waals surface area contributed by atoms with Crippen molar-refractivity contribution in [2.75, 3.05) is 0 Å². The number of halogens is 2. The fraction of sp³-hybridized carbons (Fsp3) is 0.400. The second-order valence-corrected chi connectivity index (χ2v) is 2.43. The van der Waals surface area contributed by atoms with Crippen LogP contribution < -0.4 is 0 Å². The van der Waals surface area contributed by atoms with Crippen molar-refractivity contribution in [2.24, 2.45) is 5.92 Å². The highest BCUT2D eigenvalue weighted by molar-refractivity contribution is 5.15. The van der Waals surface area contributed by atoms with Crippen LogP contribution in [0.2, 0.25) is 0 Å². The number of rotatable bonds is 2. The summed E-state index contributed by atoms with van der Waals surface area (Å²) in [6.45, 7) is 8.92. The van der Waals surface area contributed by atoms with Crippen molar-refractivity contribution < 1.29 is 8.78 Å². The van der Waals surface area contributed by atoms with Crippen LogP contribution >= 0.6 is 0 Å². The van der Waals surface area contributed by atoms with Crippen LogP contribution in [-0.4, -0.2) is 0 Å². The molecule has 70 valence electrons. The molecule has 0 nitrogen and oxygen atoms in total. The van der Waals surface area contributed by atoms with Crippen molar-refractivity contribution in [3.05, 3.63) is 37.0 Å². The SMILES string of the molecule is C/C=C\F.C=C/C(=C/F)C(C)C. The van der Waals surface area contributed by atoms with E-state index in [9.17, 15) is 8.78 Å². The molecule has 12 heavy (non-hydrogen) atoms. The second-order valence-electron chi connectivity index (χ2n) is 2.43. The Hall–Kier alpha value is -0.920. The van der Waals surface area contributed by atoms with E-state index in [1.54, 1.807) is 6.92 Å². The summed E-state index contributed by atoms with van der Waals surface area (Å²) in [5, 5.41) is 0. The Balaban J connectivity index is 0. The summed E-state index contributed by atoms with van der Waals surface area (Å²) >= 11 is 0. The quantitative estimate of drug-likeness (QED) is 0.551. The molecule has 0 heterocycles. The minimum Gasteiger partial charge on any atom is -0.216 e. The third-order valence-electron chi connectivity index (χ3n) is 1.15. The van der Waals surface area contributed by atoms with Crippen LogP contribution in [0.15, 0.2) is 37.0 Å². The molecule has 0 saturated heterocycles. The van der Waals surface area contributed by atoms with Crippen LogP contribution in [0.3, 0.4) is 0 Å². The van der Waals surface area contributed by atoms with Gasteiger partial charge in [0, 0.05) is 0 Å². The highest BCUT2D eigenvalue weighted by Crippen LogP contribution is 2.09.